The second-order valence-electron chi connectivity index (χ2n) is 6.22. The molecule has 1 heterocycles. The van der Waals surface area contributed by atoms with E-state index in [1.807, 2.05) is 12.1 Å². The van der Waals surface area contributed by atoms with Crippen LogP contribution in [-0.2, 0) is 14.1 Å². The van der Waals surface area contributed by atoms with Gasteiger partial charge in [0.1, 0.15) is 18.1 Å². The molecule has 2 aromatic carbocycles. The summed E-state index contributed by atoms with van der Waals surface area (Å²) in [4.78, 5) is 36.7. The van der Waals surface area contributed by atoms with E-state index in [2.05, 4.69) is 5.32 Å². The fourth-order valence-corrected chi connectivity index (χ4v) is 2.86. The van der Waals surface area contributed by atoms with Gasteiger partial charge in [0.05, 0.1) is 24.6 Å². The van der Waals surface area contributed by atoms with E-state index in [-0.39, 0.29) is 12.5 Å². The summed E-state index contributed by atoms with van der Waals surface area (Å²) in [6.45, 7) is 0.572. The zero-order valence-electron chi connectivity index (χ0n) is 15.9. The normalized spacial score (nSPS) is 10.7. The van der Waals surface area contributed by atoms with E-state index in [1.54, 1.807) is 38.4 Å². The molecule has 8 nitrogen and oxygen atoms in total. The molecule has 0 spiro atoms. The van der Waals surface area contributed by atoms with E-state index >= 15 is 0 Å². The number of methoxy groups -OCH3 is 1. The highest BCUT2D eigenvalue weighted by Gasteiger charge is 2.12. The van der Waals surface area contributed by atoms with Crippen LogP contribution in [0.1, 0.15) is 10.4 Å². The maximum atomic E-state index is 12.4. The molecule has 0 saturated heterocycles. The van der Waals surface area contributed by atoms with Gasteiger partial charge in [-0.3, -0.25) is 18.7 Å². The second-order valence-corrected chi connectivity index (χ2v) is 6.22. The van der Waals surface area contributed by atoms with Gasteiger partial charge in [-0.05, 0) is 30.3 Å². The first kappa shape index (κ1) is 19.2. The van der Waals surface area contributed by atoms with Gasteiger partial charge in [-0.2, -0.15) is 0 Å². The minimum Gasteiger partial charge on any atom is -0.497 e. The molecule has 3 rings (SSSR count). The molecule has 146 valence electrons. The van der Waals surface area contributed by atoms with Gasteiger partial charge in [0.15, 0.2) is 0 Å². The highest BCUT2D eigenvalue weighted by atomic mass is 16.5. The predicted molar refractivity (Wildman–Crippen MR) is 105 cm³/mol. The fraction of sp³-hybridized carbons (Fsp3) is 0.250. The smallest absolute Gasteiger partial charge is 0.330 e. The Kier molecular flexibility index (Phi) is 5.49. The molecule has 0 saturated carbocycles. The summed E-state index contributed by atoms with van der Waals surface area (Å²) in [5.41, 5.74) is -0.0332. The van der Waals surface area contributed by atoms with Crippen molar-refractivity contribution >= 4 is 16.8 Å². The van der Waals surface area contributed by atoms with Crippen molar-refractivity contribution in [1.82, 2.24) is 14.5 Å². The number of benzene rings is 2. The minimum absolute atomic E-state index is 0.281. The Labute approximate surface area is 160 Å². The van der Waals surface area contributed by atoms with Crippen LogP contribution < -0.4 is 26.0 Å². The fourth-order valence-electron chi connectivity index (χ4n) is 2.86. The number of carbonyl (C=O) groups excluding carboxylic acids is 1. The molecule has 0 atom stereocenters. The Morgan fingerprint density at radius 3 is 2.54 bits per heavy atom. The van der Waals surface area contributed by atoms with Crippen molar-refractivity contribution in [3.63, 3.8) is 0 Å². The Morgan fingerprint density at radius 1 is 1.04 bits per heavy atom. The Balaban J connectivity index is 1.68. The van der Waals surface area contributed by atoms with Crippen LogP contribution in [0.15, 0.2) is 52.1 Å². The zero-order valence-corrected chi connectivity index (χ0v) is 15.9. The van der Waals surface area contributed by atoms with Gasteiger partial charge in [0.2, 0.25) is 0 Å². The number of aromatic nitrogens is 2. The minimum atomic E-state index is -0.436. The first-order chi connectivity index (χ1) is 13.4. The van der Waals surface area contributed by atoms with Crippen molar-refractivity contribution in [2.75, 3.05) is 20.3 Å². The molecule has 0 aliphatic heterocycles. The first-order valence-corrected chi connectivity index (χ1v) is 8.67. The van der Waals surface area contributed by atoms with E-state index in [4.69, 9.17) is 9.47 Å². The highest BCUT2D eigenvalue weighted by molar-refractivity contribution is 5.97. The summed E-state index contributed by atoms with van der Waals surface area (Å²) in [6, 6.07) is 11.9. The number of aryl methyl sites for hydroxylation is 1. The molecule has 0 radical (unpaired) electrons. The first-order valence-electron chi connectivity index (χ1n) is 8.67. The molecule has 0 unspecified atom stereocenters. The maximum Gasteiger partial charge on any atom is 0.330 e. The molecule has 1 aromatic heterocycles. The number of amides is 1. The number of fused-ring (bicyclic) bond motifs is 1. The largest absolute Gasteiger partial charge is 0.497 e. The number of carbonyl (C=O) groups is 1. The van der Waals surface area contributed by atoms with Gasteiger partial charge < -0.3 is 14.8 Å². The SMILES string of the molecule is COc1cccc(OCCNC(=O)c2ccc3c(c2)c(=O)n(C)c(=O)n3C)c1. The van der Waals surface area contributed by atoms with Crippen molar-refractivity contribution in [3.05, 3.63) is 68.9 Å². The van der Waals surface area contributed by atoms with Gasteiger partial charge in [-0.1, -0.05) is 6.07 Å². The maximum absolute atomic E-state index is 12.4. The highest BCUT2D eigenvalue weighted by Crippen LogP contribution is 2.18. The summed E-state index contributed by atoms with van der Waals surface area (Å²) in [5, 5.41) is 3.06. The summed E-state index contributed by atoms with van der Waals surface area (Å²) in [6.07, 6.45) is 0. The number of ether oxygens (including phenoxy) is 2. The standard InChI is InChI=1S/C20H21N3O5/c1-22-17-8-7-13(11-16(17)19(25)23(2)20(22)26)18(24)21-9-10-28-15-6-4-5-14(12-15)27-3/h4-8,11-12H,9-10H2,1-3H3,(H,21,24). The molecular weight excluding hydrogens is 362 g/mol. The van der Waals surface area contributed by atoms with Crippen molar-refractivity contribution in [3.8, 4) is 11.5 Å². The van der Waals surface area contributed by atoms with Crippen molar-refractivity contribution in [2.24, 2.45) is 14.1 Å². The molecule has 0 fully saturated rings. The van der Waals surface area contributed by atoms with Crippen LogP contribution in [0.25, 0.3) is 10.9 Å². The summed E-state index contributed by atoms with van der Waals surface area (Å²) in [7, 11) is 4.57. The summed E-state index contributed by atoms with van der Waals surface area (Å²) >= 11 is 0. The lowest BCUT2D eigenvalue weighted by Gasteiger charge is -2.10. The summed E-state index contributed by atoms with van der Waals surface area (Å²) in [5.74, 6) is 1.00. The molecule has 0 aliphatic carbocycles. The van der Waals surface area contributed by atoms with E-state index in [0.717, 1.165) is 4.57 Å². The van der Waals surface area contributed by atoms with Crippen molar-refractivity contribution in [2.45, 2.75) is 0 Å². The molecule has 3 aromatic rings. The molecular formula is C20H21N3O5. The van der Waals surface area contributed by atoms with Gasteiger partial charge in [0, 0.05) is 25.7 Å². The Hall–Kier alpha value is -3.55. The van der Waals surface area contributed by atoms with E-state index < -0.39 is 11.2 Å². The average molecular weight is 383 g/mol. The van der Waals surface area contributed by atoms with Gasteiger partial charge in [-0.15, -0.1) is 0 Å². The topological polar surface area (TPSA) is 91.6 Å². The third-order valence-electron chi connectivity index (χ3n) is 4.43. The van der Waals surface area contributed by atoms with Crippen molar-refractivity contribution in [1.29, 1.82) is 0 Å². The van der Waals surface area contributed by atoms with Crippen LogP contribution in [0.3, 0.4) is 0 Å². The van der Waals surface area contributed by atoms with Crippen LogP contribution in [0, 0.1) is 0 Å². The van der Waals surface area contributed by atoms with Crippen molar-refractivity contribution < 1.29 is 14.3 Å². The van der Waals surface area contributed by atoms with E-state index in [0.29, 0.717) is 34.5 Å². The zero-order chi connectivity index (χ0) is 20.3. The van der Waals surface area contributed by atoms with Crippen LogP contribution in [0.5, 0.6) is 11.5 Å². The number of hydrogen-bond acceptors (Lipinski definition) is 5. The third-order valence-corrected chi connectivity index (χ3v) is 4.43. The lowest BCUT2D eigenvalue weighted by Crippen LogP contribution is -2.37. The van der Waals surface area contributed by atoms with Gasteiger partial charge >= 0.3 is 5.69 Å². The number of hydrogen-bond donors (Lipinski definition) is 1. The quantitative estimate of drug-likeness (QED) is 0.643. The summed E-state index contributed by atoms with van der Waals surface area (Å²) < 4.78 is 13.1. The molecule has 1 N–H and O–H groups in total. The molecule has 28 heavy (non-hydrogen) atoms. The molecule has 1 amide bonds. The van der Waals surface area contributed by atoms with Crippen LogP contribution in [0.4, 0.5) is 0 Å². The molecule has 0 aliphatic rings. The third kappa shape index (κ3) is 3.75. The van der Waals surface area contributed by atoms with Crippen LogP contribution in [-0.4, -0.2) is 35.3 Å². The number of nitrogens with zero attached hydrogens (tertiary/aromatic N) is 2. The number of rotatable bonds is 6. The predicted octanol–water partition coefficient (Wildman–Crippen LogP) is 1.05. The monoisotopic (exact) mass is 383 g/mol. The second kappa shape index (κ2) is 7.99. The molecule has 0 bridgehead atoms. The van der Waals surface area contributed by atoms with E-state index in [9.17, 15) is 14.4 Å². The van der Waals surface area contributed by atoms with Gasteiger partial charge in [0.25, 0.3) is 11.5 Å². The van der Waals surface area contributed by atoms with Crippen LogP contribution >= 0.6 is 0 Å². The Bertz CT molecular complexity index is 1150. The lowest BCUT2D eigenvalue weighted by molar-refractivity contribution is 0.0947. The van der Waals surface area contributed by atoms with Gasteiger partial charge in [-0.25, -0.2) is 4.79 Å². The lowest BCUT2D eigenvalue weighted by atomic mass is 10.1. The Morgan fingerprint density at radius 2 is 1.79 bits per heavy atom. The molecule has 8 heteroatoms. The average Bonchev–Trinajstić information content (AvgIpc) is 2.73. The number of nitrogens with one attached hydrogen (secondary N) is 1. The van der Waals surface area contributed by atoms with E-state index in [1.165, 1.54) is 17.7 Å². The van der Waals surface area contributed by atoms with Crippen LogP contribution in [0.2, 0.25) is 0 Å².